The van der Waals surface area contributed by atoms with E-state index in [0.29, 0.717) is 25.1 Å². The Morgan fingerprint density at radius 2 is 2.12 bits per heavy atom. The lowest BCUT2D eigenvalue weighted by Gasteiger charge is -2.33. The number of nitrogens with zero attached hydrogens (tertiary/aromatic N) is 5. The summed E-state index contributed by atoms with van der Waals surface area (Å²) in [5.74, 6) is 1.44. The van der Waals surface area contributed by atoms with E-state index in [0.717, 1.165) is 6.54 Å². The van der Waals surface area contributed by atoms with Gasteiger partial charge in [-0.1, -0.05) is 0 Å². The molecule has 1 aromatic rings. The molecular weight excluding hydrogens is 220 g/mol. The van der Waals surface area contributed by atoms with Crippen LogP contribution in [0.15, 0.2) is 0 Å². The van der Waals surface area contributed by atoms with E-state index in [4.69, 9.17) is 10.5 Å². The van der Waals surface area contributed by atoms with Crippen molar-refractivity contribution in [3.05, 3.63) is 0 Å². The van der Waals surface area contributed by atoms with Crippen molar-refractivity contribution in [3.63, 3.8) is 0 Å². The number of anilines is 3. The number of morpholine rings is 1. The van der Waals surface area contributed by atoms with E-state index in [9.17, 15) is 0 Å². The Kier molecular flexibility index (Phi) is 3.28. The van der Waals surface area contributed by atoms with Crippen molar-refractivity contribution >= 4 is 17.8 Å². The number of nitrogen functional groups attached to an aromatic ring is 1. The van der Waals surface area contributed by atoms with Crippen LogP contribution >= 0.6 is 0 Å². The highest BCUT2D eigenvalue weighted by atomic mass is 16.5. The lowest BCUT2D eigenvalue weighted by molar-refractivity contribution is 0.0981. The number of rotatable bonds is 2. The zero-order chi connectivity index (χ0) is 12.4. The number of ether oxygens (including phenoxy) is 1. The Bertz CT molecular complexity index is 396. The smallest absolute Gasteiger partial charge is 0.232 e. The normalized spacial score (nSPS) is 20.4. The number of hydrogen-bond acceptors (Lipinski definition) is 7. The number of nitrogens with two attached hydrogens (primary N) is 1. The zero-order valence-corrected chi connectivity index (χ0v) is 10.4. The largest absolute Gasteiger partial charge is 0.377 e. The summed E-state index contributed by atoms with van der Waals surface area (Å²) in [5.41, 5.74) is 5.70. The van der Waals surface area contributed by atoms with Gasteiger partial charge in [-0.15, -0.1) is 0 Å². The molecule has 0 aliphatic carbocycles. The maximum Gasteiger partial charge on any atom is 0.232 e. The van der Waals surface area contributed by atoms with Gasteiger partial charge in [0.05, 0.1) is 19.3 Å². The van der Waals surface area contributed by atoms with Crippen LogP contribution in [0.3, 0.4) is 0 Å². The Morgan fingerprint density at radius 3 is 2.76 bits per heavy atom. The minimum atomic E-state index is 0.248. The van der Waals surface area contributed by atoms with Crippen molar-refractivity contribution in [2.24, 2.45) is 0 Å². The van der Waals surface area contributed by atoms with Crippen molar-refractivity contribution < 1.29 is 4.74 Å². The van der Waals surface area contributed by atoms with Crippen LogP contribution in [-0.4, -0.2) is 54.8 Å². The lowest BCUT2D eigenvalue weighted by atomic mass is 10.3. The first-order valence-corrected chi connectivity index (χ1v) is 5.61. The summed E-state index contributed by atoms with van der Waals surface area (Å²) < 4.78 is 5.39. The fourth-order valence-corrected chi connectivity index (χ4v) is 1.72. The first-order chi connectivity index (χ1) is 8.08. The molecule has 94 valence electrons. The van der Waals surface area contributed by atoms with E-state index in [1.807, 2.05) is 19.0 Å². The van der Waals surface area contributed by atoms with Crippen molar-refractivity contribution in [1.82, 2.24) is 15.0 Å². The molecule has 7 nitrogen and oxygen atoms in total. The van der Waals surface area contributed by atoms with Gasteiger partial charge in [-0.25, -0.2) is 0 Å². The van der Waals surface area contributed by atoms with Crippen LogP contribution in [0.4, 0.5) is 17.8 Å². The summed E-state index contributed by atoms with van der Waals surface area (Å²) in [6.45, 7) is 4.22. The van der Waals surface area contributed by atoms with Crippen molar-refractivity contribution in [2.75, 3.05) is 49.4 Å². The van der Waals surface area contributed by atoms with Gasteiger partial charge >= 0.3 is 0 Å². The first kappa shape index (κ1) is 11.8. The topological polar surface area (TPSA) is 80.4 Å². The predicted octanol–water partition coefficient (Wildman–Crippen LogP) is -0.255. The van der Waals surface area contributed by atoms with Crippen LogP contribution in [0.2, 0.25) is 0 Å². The second kappa shape index (κ2) is 4.70. The van der Waals surface area contributed by atoms with Crippen LogP contribution in [0.25, 0.3) is 0 Å². The van der Waals surface area contributed by atoms with Crippen molar-refractivity contribution in [3.8, 4) is 0 Å². The molecule has 17 heavy (non-hydrogen) atoms. The molecule has 0 spiro atoms. The third-order valence-electron chi connectivity index (χ3n) is 2.65. The average Bonchev–Trinajstić information content (AvgIpc) is 2.28. The molecule has 1 unspecified atom stereocenters. The summed E-state index contributed by atoms with van der Waals surface area (Å²) in [5, 5.41) is 0. The van der Waals surface area contributed by atoms with Gasteiger partial charge in [0.1, 0.15) is 0 Å². The van der Waals surface area contributed by atoms with Gasteiger partial charge in [0, 0.05) is 20.6 Å². The molecule has 2 rings (SSSR count). The van der Waals surface area contributed by atoms with Crippen LogP contribution in [0, 0.1) is 0 Å². The molecule has 1 saturated heterocycles. The molecular formula is C10H18N6O. The Labute approximate surface area is 101 Å². The second-order valence-corrected chi connectivity index (χ2v) is 4.31. The van der Waals surface area contributed by atoms with Gasteiger partial charge in [-0.2, -0.15) is 15.0 Å². The van der Waals surface area contributed by atoms with E-state index in [1.54, 1.807) is 0 Å². The minimum absolute atomic E-state index is 0.248. The molecule has 0 amide bonds. The average molecular weight is 238 g/mol. The Hall–Kier alpha value is -1.63. The fourth-order valence-electron chi connectivity index (χ4n) is 1.72. The van der Waals surface area contributed by atoms with Gasteiger partial charge < -0.3 is 20.3 Å². The Morgan fingerprint density at radius 1 is 1.35 bits per heavy atom. The number of hydrogen-bond donors (Lipinski definition) is 1. The van der Waals surface area contributed by atoms with Crippen molar-refractivity contribution in [2.45, 2.75) is 13.0 Å². The molecule has 0 bridgehead atoms. The molecule has 1 aliphatic rings. The monoisotopic (exact) mass is 238 g/mol. The fraction of sp³-hybridized carbons (Fsp3) is 0.700. The summed E-state index contributed by atoms with van der Waals surface area (Å²) >= 11 is 0. The molecule has 0 saturated carbocycles. The predicted molar refractivity (Wildman–Crippen MR) is 66.2 cm³/mol. The zero-order valence-electron chi connectivity index (χ0n) is 10.4. The first-order valence-electron chi connectivity index (χ1n) is 5.61. The van der Waals surface area contributed by atoms with Crippen LogP contribution in [0.1, 0.15) is 6.92 Å². The van der Waals surface area contributed by atoms with Gasteiger partial charge in [-0.3, -0.25) is 0 Å². The molecule has 2 heterocycles. The molecule has 0 aromatic carbocycles. The van der Waals surface area contributed by atoms with E-state index < -0.39 is 0 Å². The van der Waals surface area contributed by atoms with Crippen molar-refractivity contribution in [1.29, 1.82) is 0 Å². The molecule has 1 aliphatic heterocycles. The molecule has 0 radical (unpaired) electrons. The minimum Gasteiger partial charge on any atom is -0.377 e. The van der Waals surface area contributed by atoms with Gasteiger partial charge in [0.25, 0.3) is 0 Å². The van der Waals surface area contributed by atoms with Gasteiger partial charge in [0.2, 0.25) is 17.8 Å². The lowest BCUT2D eigenvalue weighted by Crippen LogP contribution is -2.44. The maximum absolute atomic E-state index is 5.70. The van der Waals surface area contributed by atoms with Crippen LogP contribution in [-0.2, 0) is 4.74 Å². The van der Waals surface area contributed by atoms with E-state index >= 15 is 0 Å². The van der Waals surface area contributed by atoms with Gasteiger partial charge in [0.15, 0.2) is 0 Å². The molecule has 1 aromatic heterocycles. The van der Waals surface area contributed by atoms with Gasteiger partial charge in [-0.05, 0) is 6.92 Å². The number of aromatic nitrogens is 3. The summed E-state index contributed by atoms with van der Waals surface area (Å²) in [7, 11) is 3.75. The summed E-state index contributed by atoms with van der Waals surface area (Å²) in [4.78, 5) is 16.6. The van der Waals surface area contributed by atoms with E-state index in [1.165, 1.54) is 0 Å². The third kappa shape index (κ3) is 2.55. The highest BCUT2D eigenvalue weighted by Crippen LogP contribution is 2.17. The summed E-state index contributed by atoms with van der Waals surface area (Å²) in [6, 6.07) is 0.251. The molecule has 1 atom stereocenters. The van der Waals surface area contributed by atoms with E-state index in [-0.39, 0.29) is 12.0 Å². The van der Waals surface area contributed by atoms with Crippen LogP contribution in [0.5, 0.6) is 0 Å². The molecule has 7 heteroatoms. The molecule has 2 N–H and O–H groups in total. The second-order valence-electron chi connectivity index (χ2n) is 4.31. The highest BCUT2D eigenvalue weighted by Gasteiger charge is 2.22. The highest BCUT2D eigenvalue weighted by molar-refractivity contribution is 5.43. The quantitative estimate of drug-likeness (QED) is 0.760. The van der Waals surface area contributed by atoms with Crippen LogP contribution < -0.4 is 15.5 Å². The summed E-state index contributed by atoms with van der Waals surface area (Å²) in [6.07, 6.45) is 0. The molecule has 1 fully saturated rings. The van der Waals surface area contributed by atoms with E-state index in [2.05, 4.69) is 26.8 Å². The maximum atomic E-state index is 5.70. The third-order valence-corrected chi connectivity index (χ3v) is 2.65. The standard InChI is InChI=1S/C10H18N6O/c1-7-6-17-5-4-16(7)10-13-8(11)12-9(14-10)15(2)3/h7H,4-6H2,1-3H3,(H2,11,12,13,14). The SMILES string of the molecule is CC1COCCN1c1nc(N)nc(N(C)C)n1. The Balaban J connectivity index is 2.30.